The zero-order valence-corrected chi connectivity index (χ0v) is 91.5. The number of ether oxygens (including phenoxy) is 4. The van der Waals surface area contributed by atoms with Crippen LogP contribution >= 0.6 is 7.82 Å². The van der Waals surface area contributed by atoms with Gasteiger partial charge in [0, 0.05) is 162 Å². The molecule has 8 aliphatic rings. The third-order valence-electron chi connectivity index (χ3n) is 23.5. The average molecular weight is 2260 g/mol. The molecule has 0 atom stereocenters. The zero-order chi connectivity index (χ0) is 107. The van der Waals surface area contributed by atoms with E-state index in [1.165, 1.54) is 0 Å². The molecular weight excluding hydrogens is 2140 g/mol. The number of hydrogen-bond acceptors (Lipinski definition) is 26. The number of esters is 4. The van der Waals surface area contributed by atoms with Crippen molar-refractivity contribution >= 4 is 98.3 Å². The van der Waals surface area contributed by atoms with E-state index in [1.807, 2.05) is 125 Å². The van der Waals surface area contributed by atoms with Gasteiger partial charge in [-0.15, -0.1) is 0 Å². The molecule has 0 aromatic heterocycles. The number of benzene rings is 12. The van der Waals surface area contributed by atoms with Crippen molar-refractivity contribution in [1.82, 2.24) is 0 Å². The minimum atomic E-state index is -5.09. The molecule has 0 spiro atoms. The number of rotatable bonds is 25. The van der Waals surface area contributed by atoms with Crippen LogP contribution in [0.3, 0.4) is 0 Å². The Morgan fingerprint density at radius 3 is 0.685 bits per heavy atom. The first-order valence-electron chi connectivity index (χ1n) is 48.2. The molecule has 0 saturated heterocycles. The summed E-state index contributed by atoms with van der Waals surface area (Å²) >= 11 is -8.13. The summed E-state index contributed by atoms with van der Waals surface area (Å²) in [5, 5.41) is 28.7. The van der Waals surface area contributed by atoms with Gasteiger partial charge < -0.3 is 72.2 Å². The molecule has 768 valence electrons. The fraction of sp³-hybridized carbons (Fsp3) is 0.286. The Kier molecular flexibility index (Phi) is 42.1. The maximum atomic E-state index is 12.9. The van der Waals surface area contributed by atoms with E-state index in [2.05, 4.69) is 254 Å². The molecule has 16 rings (SSSR count). The quantitative estimate of drug-likeness (QED) is 0.00483. The van der Waals surface area contributed by atoms with Crippen molar-refractivity contribution in [2.75, 3.05) is 100 Å². The number of carbonyl (C=O) groups excluding carboxylic acids is 4. The van der Waals surface area contributed by atoms with Gasteiger partial charge in [-0.25, -0.2) is 49.1 Å². The molecule has 146 heavy (non-hydrogen) atoms. The van der Waals surface area contributed by atoms with E-state index in [-0.39, 0.29) is 23.9 Å². The van der Waals surface area contributed by atoms with Gasteiger partial charge in [-0.1, -0.05) is 72.8 Å². The van der Waals surface area contributed by atoms with Crippen molar-refractivity contribution in [3.63, 3.8) is 0 Å². The zero-order valence-electron chi connectivity index (χ0n) is 85.7. The van der Waals surface area contributed by atoms with Crippen LogP contribution in [0.1, 0.15) is 169 Å². The molecule has 8 aromatic carbocycles. The molecule has 0 saturated carbocycles. The molecule has 0 radical (unpaired) electrons. The number of carbonyl (C=O) groups is 4. The van der Waals surface area contributed by atoms with E-state index in [4.69, 9.17) is 77.3 Å². The van der Waals surface area contributed by atoms with Gasteiger partial charge in [0.2, 0.25) is 21.4 Å². The van der Waals surface area contributed by atoms with Crippen molar-refractivity contribution in [3.05, 3.63) is 282 Å². The second-order valence-corrected chi connectivity index (χ2v) is 37.1. The van der Waals surface area contributed by atoms with Gasteiger partial charge in [0.15, 0.2) is 0 Å². The minimum absolute atomic E-state index is 0.322. The number of anilines is 4. The van der Waals surface area contributed by atoms with Gasteiger partial charge in [0.25, 0.3) is 0 Å². The second kappa shape index (κ2) is 53.8. The van der Waals surface area contributed by atoms with Gasteiger partial charge in [-0.05, 0) is 256 Å². The summed E-state index contributed by atoms with van der Waals surface area (Å²) in [6, 6.07) is 64.1. The van der Waals surface area contributed by atoms with Crippen molar-refractivity contribution in [2.45, 2.75) is 138 Å². The van der Waals surface area contributed by atoms with Crippen molar-refractivity contribution in [3.8, 4) is 89.8 Å². The van der Waals surface area contributed by atoms with Crippen molar-refractivity contribution < 1.29 is 156 Å². The summed E-state index contributed by atoms with van der Waals surface area (Å²) in [7, 11) is -5.09. The molecule has 0 bridgehead atoms. The Hall–Kier alpha value is -13.8. The normalized spacial score (nSPS) is 11.5. The summed E-state index contributed by atoms with van der Waals surface area (Å²) in [6.07, 6.45) is 0. The molecule has 0 unspecified atom stereocenters. The van der Waals surface area contributed by atoms with Crippen LogP contribution in [0.15, 0.2) is 212 Å². The molecule has 0 fully saturated rings. The predicted molar refractivity (Wildman–Crippen MR) is 546 cm³/mol. The van der Waals surface area contributed by atoms with Gasteiger partial charge >= 0.3 is 80.2 Å². The maximum absolute atomic E-state index is 12.9. The topological polar surface area (TPSA) is 466 Å². The summed E-state index contributed by atoms with van der Waals surface area (Å²) < 4.78 is 109. The first-order valence-corrected chi connectivity index (χ1v) is 55.8. The van der Waals surface area contributed by atoms with Gasteiger partial charge in [0.1, 0.15) is 71.6 Å². The number of hydrogen-bond donors (Lipinski definition) is 10. The molecule has 34 heteroatoms. The van der Waals surface area contributed by atoms with Crippen LogP contribution in [0.2, 0.25) is 0 Å². The summed E-state index contributed by atoms with van der Waals surface area (Å²) in [6.45, 7) is 48.5. The van der Waals surface area contributed by atoms with Crippen LogP contribution in [-0.4, -0.2) is 112 Å². The Labute approximate surface area is 859 Å². The predicted octanol–water partition coefficient (Wildman–Crippen LogP) is 13.8. The van der Waals surface area contributed by atoms with Crippen molar-refractivity contribution in [2.24, 2.45) is 0 Å². The first-order chi connectivity index (χ1) is 69.9. The van der Waals surface area contributed by atoms with Gasteiger partial charge in [-0.2, -0.15) is 0 Å². The summed E-state index contributed by atoms with van der Waals surface area (Å²) in [5.74, 6) is 1.78. The van der Waals surface area contributed by atoms with Gasteiger partial charge in [-0.3, -0.25) is 0 Å². The third kappa shape index (κ3) is 28.3. The average Bonchev–Trinajstić information content (AvgIpc) is 0.752. The Morgan fingerprint density at radius 2 is 0.521 bits per heavy atom. The van der Waals surface area contributed by atoms with Crippen LogP contribution in [0.25, 0.3) is 134 Å². The Morgan fingerprint density at radius 1 is 0.336 bits per heavy atom. The molecule has 0 amide bonds. The fourth-order valence-corrected chi connectivity index (χ4v) is 17.4. The Balaban J connectivity index is 0.000000191. The van der Waals surface area contributed by atoms with E-state index >= 15 is 0 Å². The van der Waals surface area contributed by atoms with E-state index in [9.17, 15) is 19.2 Å². The molecular formula is C112H126MoN8O23PW+. The number of aryl methyl sites for hydroxylation is 8. The number of fused-ring (bicyclic) bond motifs is 8. The third-order valence-corrected chi connectivity index (χ3v) is 23.7. The van der Waals surface area contributed by atoms with E-state index in [0.29, 0.717) is 48.7 Å². The van der Waals surface area contributed by atoms with Crippen LogP contribution in [-0.2, 0) is 77.0 Å². The second-order valence-electron chi connectivity index (χ2n) is 33.5. The van der Waals surface area contributed by atoms with Crippen LogP contribution in [0, 0.1) is 55.4 Å². The van der Waals surface area contributed by atoms with E-state index in [1.54, 1.807) is 0 Å². The van der Waals surface area contributed by atoms with Crippen LogP contribution in [0.5, 0.6) is 0 Å². The first kappa shape index (κ1) is 114. The summed E-state index contributed by atoms with van der Waals surface area (Å²) in [4.78, 5) is 83.1. The van der Waals surface area contributed by atoms with E-state index in [0.717, 1.165) is 275 Å². The number of phosphoric acid groups is 1. The molecule has 31 nitrogen and oxygen atoms in total. The van der Waals surface area contributed by atoms with Crippen LogP contribution in [0.4, 0.5) is 22.7 Å². The molecule has 8 aromatic rings. The monoisotopic (exact) mass is 2260 g/mol. The molecule has 4 aliphatic heterocycles. The number of nitrogens with one attached hydrogen (secondary N) is 8. The van der Waals surface area contributed by atoms with Crippen LogP contribution < -0.4 is 76.2 Å². The molecule has 4 aliphatic carbocycles. The SMILES string of the molecule is CCNc1cc2oc3cc(=[NH+]CC)c(C)cc-3c(-c3ccccc3C(=O)OCC)c2cc1C.CCNc1cc2oc3cc(=[NH+]CC)c(C)cc-3c(-c3ccccc3C(=O)OCC)c2cc1C.CCNc1cc2oc3cc(=[NH+]CC)c(C)cc-3c(-c3ccccc3C(=O)OCC)c2cc1C.CCNc1cc2oc3cc(=[NH+]CC)c(C)cc-3c(-c3ccccc3C(=O)OCC)c2cc1C.O=P([O-])([O-])OO.[O]=[Mo](=[O])[O-].[O]=[W](=[O])[OH]. The molecule has 10 N–H and O–H groups in total. The molecule has 4 heterocycles. The summed E-state index contributed by atoms with van der Waals surface area (Å²) in [5.41, 5.74) is 29.5. The van der Waals surface area contributed by atoms with E-state index < -0.39 is 43.1 Å². The standard InChI is InChI=1S/4C28H30N2O3.Mo.H3O5P.H2O.5O.W/c4*1-6-29-23-15-25-21(13-17(23)4)27(19-11-9-10-12-20(19)28(31)32-8-3)22-14-18(5)24(30-7-2)16-26(22)33-25;;1-5-6(2,3)4;;;;;;;/h4*9-16,29H,6-8H2,1-5H3;;1H,(H2,2,3,4);1H2;;;;;;/q;;;;;;;;;;;-1;+1/p+1. The fourth-order valence-electron chi connectivity index (χ4n) is 17.4. The van der Waals surface area contributed by atoms with Crippen molar-refractivity contribution in [1.29, 1.82) is 0 Å². The van der Waals surface area contributed by atoms with Gasteiger partial charge in [0.05, 0.1) is 80.8 Å². The Bertz CT molecular complexity index is 6940.